The van der Waals surface area contributed by atoms with E-state index in [4.69, 9.17) is 4.74 Å². The zero-order valence-corrected chi connectivity index (χ0v) is 14.8. The Balaban J connectivity index is 1.74. The van der Waals surface area contributed by atoms with E-state index in [2.05, 4.69) is 20.9 Å². The SMILES string of the molecule is CC(C)(C)OC(=O)c1cnc(CN2c3ccccc3CC2CO)cn1. The second-order valence-electron chi connectivity index (χ2n) is 7.19. The first-order valence-corrected chi connectivity index (χ1v) is 8.37. The van der Waals surface area contributed by atoms with Gasteiger partial charge >= 0.3 is 5.97 Å². The van der Waals surface area contributed by atoms with Crippen molar-refractivity contribution in [1.29, 1.82) is 0 Å². The molecule has 1 atom stereocenters. The minimum atomic E-state index is -0.564. The Hall–Kier alpha value is -2.47. The lowest BCUT2D eigenvalue weighted by atomic mass is 10.1. The average Bonchev–Trinajstić information content (AvgIpc) is 2.92. The van der Waals surface area contributed by atoms with Crippen molar-refractivity contribution in [3.8, 4) is 0 Å². The molecule has 0 amide bonds. The van der Waals surface area contributed by atoms with Crippen molar-refractivity contribution in [2.45, 2.75) is 45.4 Å². The molecule has 25 heavy (non-hydrogen) atoms. The zero-order chi connectivity index (χ0) is 18.0. The average molecular weight is 341 g/mol. The van der Waals surface area contributed by atoms with Crippen molar-refractivity contribution in [3.05, 3.63) is 53.6 Å². The molecule has 0 saturated carbocycles. The van der Waals surface area contributed by atoms with Crippen molar-refractivity contribution in [2.24, 2.45) is 0 Å². The number of carbonyl (C=O) groups excluding carboxylic acids is 1. The van der Waals surface area contributed by atoms with E-state index in [9.17, 15) is 9.90 Å². The predicted octanol–water partition coefficient (Wildman–Crippen LogP) is 2.36. The number of aliphatic hydroxyl groups is 1. The van der Waals surface area contributed by atoms with Gasteiger partial charge in [0.15, 0.2) is 5.69 Å². The molecule has 1 aliphatic rings. The summed E-state index contributed by atoms with van der Waals surface area (Å²) in [6, 6.07) is 8.16. The molecule has 1 aliphatic heterocycles. The van der Waals surface area contributed by atoms with Crippen molar-refractivity contribution in [3.63, 3.8) is 0 Å². The van der Waals surface area contributed by atoms with E-state index in [0.717, 1.165) is 17.8 Å². The summed E-state index contributed by atoms with van der Waals surface area (Å²) in [4.78, 5) is 22.7. The molecule has 0 aliphatic carbocycles. The van der Waals surface area contributed by atoms with Gasteiger partial charge in [-0.2, -0.15) is 0 Å². The fourth-order valence-corrected chi connectivity index (χ4v) is 2.95. The van der Waals surface area contributed by atoms with Crippen molar-refractivity contribution < 1.29 is 14.6 Å². The number of aromatic nitrogens is 2. The highest BCUT2D eigenvalue weighted by molar-refractivity contribution is 5.87. The molecule has 3 rings (SSSR count). The highest BCUT2D eigenvalue weighted by atomic mass is 16.6. The van der Waals surface area contributed by atoms with E-state index in [1.165, 1.54) is 11.8 Å². The quantitative estimate of drug-likeness (QED) is 0.861. The maximum Gasteiger partial charge on any atom is 0.359 e. The maximum atomic E-state index is 12.0. The number of hydrogen-bond donors (Lipinski definition) is 1. The number of ether oxygens (including phenoxy) is 1. The molecule has 0 radical (unpaired) electrons. The van der Waals surface area contributed by atoms with Gasteiger partial charge < -0.3 is 14.7 Å². The van der Waals surface area contributed by atoms with Crippen molar-refractivity contribution >= 4 is 11.7 Å². The predicted molar refractivity (Wildman–Crippen MR) is 94.4 cm³/mol. The van der Waals surface area contributed by atoms with Gasteiger partial charge in [-0.05, 0) is 38.8 Å². The molecule has 2 aromatic rings. The molecule has 0 bridgehead atoms. The van der Waals surface area contributed by atoms with E-state index in [1.807, 2.05) is 39.0 Å². The summed E-state index contributed by atoms with van der Waals surface area (Å²) < 4.78 is 5.29. The van der Waals surface area contributed by atoms with Crippen LogP contribution in [0.1, 0.15) is 42.5 Å². The van der Waals surface area contributed by atoms with E-state index >= 15 is 0 Å². The van der Waals surface area contributed by atoms with E-state index in [-0.39, 0.29) is 18.3 Å². The van der Waals surface area contributed by atoms with Crippen molar-refractivity contribution in [1.82, 2.24) is 9.97 Å². The molecule has 6 nitrogen and oxygen atoms in total. The third kappa shape index (κ3) is 3.96. The molecule has 2 heterocycles. The summed E-state index contributed by atoms with van der Waals surface area (Å²) >= 11 is 0. The second kappa shape index (κ2) is 6.80. The maximum absolute atomic E-state index is 12.0. The first kappa shape index (κ1) is 17.4. The smallest absolute Gasteiger partial charge is 0.359 e. The van der Waals surface area contributed by atoms with Crippen LogP contribution in [0.3, 0.4) is 0 Å². The molecule has 132 valence electrons. The van der Waals surface area contributed by atoms with Gasteiger partial charge in [0.25, 0.3) is 0 Å². The van der Waals surface area contributed by atoms with Crippen molar-refractivity contribution in [2.75, 3.05) is 11.5 Å². The fraction of sp³-hybridized carbons (Fsp3) is 0.421. The first-order valence-electron chi connectivity index (χ1n) is 8.37. The highest BCUT2D eigenvalue weighted by Gasteiger charge is 2.28. The lowest BCUT2D eigenvalue weighted by molar-refractivity contribution is 0.00622. The molecule has 0 saturated heterocycles. The van der Waals surface area contributed by atoms with Crippen LogP contribution in [0.5, 0.6) is 0 Å². The highest BCUT2D eigenvalue weighted by Crippen LogP contribution is 2.32. The Morgan fingerprint density at radius 3 is 2.68 bits per heavy atom. The van der Waals surface area contributed by atoms with Crippen LogP contribution in [0, 0.1) is 0 Å². The van der Waals surface area contributed by atoms with Gasteiger partial charge in [-0.25, -0.2) is 9.78 Å². The number of hydrogen-bond acceptors (Lipinski definition) is 6. The van der Waals surface area contributed by atoms with Crippen LogP contribution >= 0.6 is 0 Å². The molecule has 1 aromatic heterocycles. The minimum Gasteiger partial charge on any atom is -0.455 e. The summed E-state index contributed by atoms with van der Waals surface area (Å²) in [6.45, 7) is 6.05. The standard InChI is InChI=1S/C19H23N3O3/c1-19(2,3)25-18(24)16-10-20-14(9-21-16)11-22-15(12-23)8-13-6-4-5-7-17(13)22/h4-7,9-10,15,23H,8,11-12H2,1-3H3. The van der Waals surface area contributed by atoms with E-state index in [1.54, 1.807) is 6.20 Å². The van der Waals surface area contributed by atoms with Crippen LogP contribution in [-0.4, -0.2) is 39.3 Å². The lowest BCUT2D eigenvalue weighted by Crippen LogP contribution is -2.34. The Labute approximate surface area is 147 Å². The number of rotatable bonds is 4. The van der Waals surface area contributed by atoms with Gasteiger partial charge in [0.05, 0.1) is 37.3 Å². The van der Waals surface area contributed by atoms with Gasteiger partial charge in [-0.15, -0.1) is 0 Å². The summed E-state index contributed by atoms with van der Waals surface area (Å²) in [7, 11) is 0. The van der Waals surface area contributed by atoms with Gasteiger partial charge in [0.2, 0.25) is 0 Å². The van der Waals surface area contributed by atoms with Gasteiger partial charge in [0, 0.05) is 5.69 Å². The Morgan fingerprint density at radius 2 is 2.04 bits per heavy atom. The van der Waals surface area contributed by atoms with Gasteiger partial charge in [-0.1, -0.05) is 18.2 Å². The van der Waals surface area contributed by atoms with Gasteiger partial charge in [0.1, 0.15) is 5.60 Å². The van der Waals surface area contributed by atoms with Crippen LogP contribution in [0.4, 0.5) is 5.69 Å². The Kier molecular flexibility index (Phi) is 4.72. The number of carbonyl (C=O) groups is 1. The van der Waals surface area contributed by atoms with Crippen LogP contribution in [0.2, 0.25) is 0 Å². The molecule has 6 heteroatoms. The second-order valence-corrected chi connectivity index (χ2v) is 7.19. The van der Waals surface area contributed by atoms with Crippen LogP contribution in [0.15, 0.2) is 36.7 Å². The van der Waals surface area contributed by atoms with E-state index < -0.39 is 11.6 Å². The Bertz CT molecular complexity index is 753. The third-order valence-electron chi connectivity index (χ3n) is 4.05. The van der Waals surface area contributed by atoms with Gasteiger partial charge in [-0.3, -0.25) is 4.98 Å². The minimum absolute atomic E-state index is 0.0322. The molecule has 0 spiro atoms. The van der Waals surface area contributed by atoms with Crippen LogP contribution in [-0.2, 0) is 17.7 Å². The molecule has 1 aromatic carbocycles. The van der Waals surface area contributed by atoms with Crippen LogP contribution in [0.25, 0.3) is 0 Å². The molecule has 0 fully saturated rings. The van der Waals surface area contributed by atoms with E-state index in [0.29, 0.717) is 6.54 Å². The number of fused-ring (bicyclic) bond motifs is 1. The summed E-state index contributed by atoms with van der Waals surface area (Å²) in [5, 5.41) is 9.67. The first-order chi connectivity index (χ1) is 11.9. The number of anilines is 1. The number of para-hydroxylation sites is 1. The Morgan fingerprint density at radius 1 is 1.28 bits per heavy atom. The molecular weight excluding hydrogens is 318 g/mol. The summed E-state index contributed by atoms with van der Waals surface area (Å²) in [5.41, 5.74) is 2.70. The normalized spacial score (nSPS) is 16.6. The summed E-state index contributed by atoms with van der Waals surface area (Å²) in [5.74, 6) is -0.480. The fourth-order valence-electron chi connectivity index (χ4n) is 2.95. The number of benzene rings is 1. The topological polar surface area (TPSA) is 75.5 Å². The molecule has 1 N–H and O–H groups in total. The zero-order valence-electron chi connectivity index (χ0n) is 14.8. The third-order valence-corrected chi connectivity index (χ3v) is 4.05. The van der Waals surface area contributed by atoms with Crippen LogP contribution < -0.4 is 4.90 Å². The lowest BCUT2D eigenvalue weighted by Gasteiger charge is -2.25. The molecule has 1 unspecified atom stereocenters. The number of nitrogens with zero attached hydrogens (tertiary/aromatic N) is 3. The monoisotopic (exact) mass is 341 g/mol. The molecular formula is C19H23N3O3. The number of aliphatic hydroxyl groups excluding tert-OH is 1. The summed E-state index contributed by atoms with van der Waals surface area (Å²) in [6.07, 6.45) is 3.85. The number of esters is 1. The largest absolute Gasteiger partial charge is 0.455 e.